The molecule has 0 fully saturated rings. The van der Waals surface area contributed by atoms with Gasteiger partial charge in [0, 0.05) is 23.9 Å². The number of aryl methyl sites for hydroxylation is 2. The number of hydrazone groups is 1. The summed E-state index contributed by atoms with van der Waals surface area (Å²) in [4.78, 5) is 29.5. The lowest BCUT2D eigenvalue weighted by atomic mass is 10.1. The first kappa shape index (κ1) is 15.4. The Balaban J connectivity index is 1.83. The number of carbonyl (C=O) groups excluding carboxylic acids is 2. The highest BCUT2D eigenvalue weighted by Crippen LogP contribution is 2.22. The first-order chi connectivity index (χ1) is 11.0. The largest absolute Gasteiger partial charge is 0.297 e. The molecular formula is C16H16N4O2S. The van der Waals surface area contributed by atoms with Gasteiger partial charge in [0.1, 0.15) is 5.71 Å². The minimum Gasteiger partial charge on any atom is -0.297 e. The number of nitrogens with zero attached hydrogens (tertiary/aromatic N) is 3. The van der Waals surface area contributed by atoms with Crippen molar-refractivity contribution >= 4 is 39.7 Å². The summed E-state index contributed by atoms with van der Waals surface area (Å²) in [5.41, 5.74) is 2.03. The Morgan fingerprint density at radius 1 is 1.30 bits per heavy atom. The van der Waals surface area contributed by atoms with Crippen LogP contribution < -0.4 is 10.3 Å². The molecule has 0 atom stereocenters. The fourth-order valence-corrected chi connectivity index (χ4v) is 2.92. The lowest BCUT2D eigenvalue weighted by Gasteiger charge is -2.23. The van der Waals surface area contributed by atoms with Gasteiger partial charge in [-0.05, 0) is 31.5 Å². The van der Waals surface area contributed by atoms with Crippen molar-refractivity contribution in [3.63, 3.8) is 0 Å². The fraction of sp³-hybridized carbons (Fsp3) is 0.250. The molecular weight excluding hydrogens is 312 g/mol. The molecule has 23 heavy (non-hydrogen) atoms. The van der Waals surface area contributed by atoms with E-state index in [2.05, 4.69) is 15.4 Å². The van der Waals surface area contributed by atoms with Crippen LogP contribution in [0.5, 0.6) is 0 Å². The number of anilines is 2. The quantitative estimate of drug-likeness (QED) is 0.941. The van der Waals surface area contributed by atoms with Gasteiger partial charge in [-0.3, -0.25) is 14.9 Å². The molecule has 2 aromatic rings. The molecule has 0 radical (unpaired) electrons. The number of hydrogen-bond acceptors (Lipinski definition) is 5. The lowest BCUT2D eigenvalue weighted by Crippen LogP contribution is -2.36. The van der Waals surface area contributed by atoms with E-state index in [9.17, 15) is 9.59 Å². The van der Waals surface area contributed by atoms with Crippen molar-refractivity contribution < 1.29 is 9.59 Å². The molecule has 0 saturated carbocycles. The molecule has 6 nitrogen and oxygen atoms in total. The van der Waals surface area contributed by atoms with Gasteiger partial charge in [0.25, 0.3) is 5.91 Å². The Bertz CT molecular complexity index is 797. The van der Waals surface area contributed by atoms with E-state index in [4.69, 9.17) is 0 Å². The molecule has 2 amide bonds. The van der Waals surface area contributed by atoms with E-state index < -0.39 is 0 Å². The molecule has 0 saturated heterocycles. The first-order valence-electron chi connectivity index (χ1n) is 7.24. The van der Waals surface area contributed by atoms with Crippen LogP contribution >= 0.6 is 11.3 Å². The number of benzene rings is 1. The van der Waals surface area contributed by atoms with Crippen LogP contribution in [0.4, 0.5) is 10.8 Å². The Labute approximate surface area is 137 Å². The van der Waals surface area contributed by atoms with E-state index in [1.54, 1.807) is 12.3 Å². The third kappa shape index (κ3) is 3.45. The SMILES string of the molecule is Cc1cccc(N2N=C(C(=O)Nc3ncc(C)s3)CCC2=O)c1. The second kappa shape index (κ2) is 6.29. The molecule has 7 heteroatoms. The highest BCUT2D eigenvalue weighted by Gasteiger charge is 2.26. The molecule has 1 aliphatic heterocycles. The third-order valence-electron chi connectivity index (χ3n) is 3.38. The van der Waals surface area contributed by atoms with Gasteiger partial charge in [-0.2, -0.15) is 5.10 Å². The molecule has 1 aromatic heterocycles. The van der Waals surface area contributed by atoms with E-state index in [1.807, 2.05) is 32.0 Å². The van der Waals surface area contributed by atoms with Gasteiger partial charge < -0.3 is 0 Å². The van der Waals surface area contributed by atoms with Crippen LogP contribution in [-0.2, 0) is 9.59 Å². The van der Waals surface area contributed by atoms with Gasteiger partial charge >= 0.3 is 0 Å². The summed E-state index contributed by atoms with van der Waals surface area (Å²) in [5.74, 6) is -0.429. The molecule has 0 aliphatic carbocycles. The van der Waals surface area contributed by atoms with E-state index in [-0.39, 0.29) is 18.2 Å². The Hall–Kier alpha value is -2.54. The van der Waals surface area contributed by atoms with Crippen LogP contribution in [-0.4, -0.2) is 22.5 Å². The van der Waals surface area contributed by atoms with Crippen LogP contribution in [0, 0.1) is 13.8 Å². The van der Waals surface area contributed by atoms with Crippen molar-refractivity contribution in [2.45, 2.75) is 26.7 Å². The number of hydrogen-bond donors (Lipinski definition) is 1. The average Bonchev–Trinajstić information content (AvgIpc) is 2.92. The van der Waals surface area contributed by atoms with Crippen molar-refractivity contribution in [3.8, 4) is 0 Å². The molecule has 0 bridgehead atoms. The molecule has 1 aliphatic rings. The highest BCUT2D eigenvalue weighted by molar-refractivity contribution is 7.15. The normalized spacial score (nSPS) is 14.6. The Morgan fingerprint density at radius 3 is 2.83 bits per heavy atom. The summed E-state index contributed by atoms with van der Waals surface area (Å²) in [6, 6.07) is 7.48. The number of nitrogens with one attached hydrogen (secondary N) is 1. The summed E-state index contributed by atoms with van der Waals surface area (Å²) >= 11 is 1.40. The van der Waals surface area contributed by atoms with E-state index in [1.165, 1.54) is 16.3 Å². The van der Waals surface area contributed by atoms with Crippen LogP contribution in [0.25, 0.3) is 0 Å². The van der Waals surface area contributed by atoms with Gasteiger partial charge in [-0.15, -0.1) is 11.3 Å². The molecule has 1 aromatic carbocycles. The number of amides is 2. The number of aromatic nitrogens is 1. The Kier molecular flexibility index (Phi) is 4.20. The third-order valence-corrected chi connectivity index (χ3v) is 4.21. The molecule has 1 N–H and O–H groups in total. The maximum absolute atomic E-state index is 12.3. The van der Waals surface area contributed by atoms with Gasteiger partial charge in [-0.1, -0.05) is 12.1 Å². The number of rotatable bonds is 3. The predicted molar refractivity (Wildman–Crippen MR) is 90.8 cm³/mol. The highest BCUT2D eigenvalue weighted by atomic mass is 32.1. The van der Waals surface area contributed by atoms with Crippen LogP contribution in [0.15, 0.2) is 35.6 Å². The number of thiazole rings is 1. The maximum atomic E-state index is 12.3. The monoisotopic (exact) mass is 328 g/mol. The van der Waals surface area contributed by atoms with E-state index >= 15 is 0 Å². The summed E-state index contributed by atoms with van der Waals surface area (Å²) in [6.07, 6.45) is 2.29. The fourth-order valence-electron chi connectivity index (χ4n) is 2.26. The van der Waals surface area contributed by atoms with Crippen LogP contribution in [0.3, 0.4) is 0 Å². The minimum atomic E-state index is -0.315. The minimum absolute atomic E-state index is 0.114. The summed E-state index contributed by atoms with van der Waals surface area (Å²) in [5, 5.41) is 8.81. The number of carbonyl (C=O) groups is 2. The van der Waals surface area contributed by atoms with Crippen molar-refractivity contribution in [1.29, 1.82) is 0 Å². The summed E-state index contributed by atoms with van der Waals surface area (Å²) < 4.78 is 0. The molecule has 0 unspecified atom stereocenters. The van der Waals surface area contributed by atoms with E-state index in [0.717, 1.165) is 10.4 Å². The Morgan fingerprint density at radius 2 is 2.13 bits per heavy atom. The zero-order chi connectivity index (χ0) is 16.4. The smallest absolute Gasteiger partial charge is 0.273 e. The van der Waals surface area contributed by atoms with Gasteiger partial charge in [-0.25, -0.2) is 9.99 Å². The lowest BCUT2D eigenvalue weighted by molar-refractivity contribution is -0.118. The molecule has 3 rings (SSSR count). The first-order valence-corrected chi connectivity index (χ1v) is 8.05. The van der Waals surface area contributed by atoms with Crippen molar-refractivity contribution in [2.24, 2.45) is 5.10 Å². The molecule has 2 heterocycles. The van der Waals surface area contributed by atoms with Crippen molar-refractivity contribution in [3.05, 3.63) is 40.9 Å². The van der Waals surface area contributed by atoms with Gasteiger partial charge in [0.2, 0.25) is 5.91 Å². The van der Waals surface area contributed by atoms with Crippen molar-refractivity contribution in [1.82, 2.24) is 4.98 Å². The van der Waals surface area contributed by atoms with E-state index in [0.29, 0.717) is 23.0 Å². The van der Waals surface area contributed by atoms with Crippen LogP contribution in [0.1, 0.15) is 23.3 Å². The standard InChI is InChI=1S/C16H16N4O2S/c1-10-4-3-5-12(8-10)20-14(21)7-6-13(19-20)15(22)18-16-17-9-11(2)23-16/h3-5,8-9H,6-7H2,1-2H3,(H,17,18,22). The molecule has 0 spiro atoms. The molecule has 118 valence electrons. The second-order valence-corrected chi connectivity index (χ2v) is 6.56. The summed E-state index contributed by atoms with van der Waals surface area (Å²) in [6.45, 7) is 3.86. The maximum Gasteiger partial charge on any atom is 0.273 e. The zero-order valence-electron chi connectivity index (χ0n) is 12.9. The summed E-state index contributed by atoms with van der Waals surface area (Å²) in [7, 11) is 0. The van der Waals surface area contributed by atoms with Gasteiger partial charge in [0.05, 0.1) is 5.69 Å². The van der Waals surface area contributed by atoms with Crippen molar-refractivity contribution in [2.75, 3.05) is 10.3 Å². The van der Waals surface area contributed by atoms with Gasteiger partial charge in [0.15, 0.2) is 5.13 Å². The second-order valence-electron chi connectivity index (χ2n) is 5.32. The predicted octanol–water partition coefficient (Wildman–Crippen LogP) is 2.88. The average molecular weight is 328 g/mol. The topological polar surface area (TPSA) is 74.7 Å². The van der Waals surface area contributed by atoms with Crippen LogP contribution in [0.2, 0.25) is 0 Å². The zero-order valence-corrected chi connectivity index (χ0v) is 13.7.